The van der Waals surface area contributed by atoms with E-state index in [2.05, 4.69) is 10.3 Å². The van der Waals surface area contributed by atoms with Crippen LogP contribution in [0.15, 0.2) is 18.5 Å². The van der Waals surface area contributed by atoms with Crippen molar-refractivity contribution in [2.24, 2.45) is 0 Å². The van der Waals surface area contributed by atoms with Gasteiger partial charge in [-0.25, -0.2) is 0 Å². The maximum atomic E-state index is 10.4. The minimum Gasteiger partial charge on any atom is -0.496 e. The summed E-state index contributed by atoms with van der Waals surface area (Å²) in [4.78, 5) is 3.94. The van der Waals surface area contributed by atoms with Gasteiger partial charge in [0.1, 0.15) is 5.75 Å². The monoisotopic (exact) mass is 261 g/mol. The van der Waals surface area contributed by atoms with Gasteiger partial charge in [-0.05, 0) is 25.5 Å². The molecule has 2 heterocycles. The van der Waals surface area contributed by atoms with Crippen LogP contribution in [0.25, 0.3) is 0 Å². The summed E-state index contributed by atoms with van der Waals surface area (Å²) in [5.74, 6) is 0.162. The van der Waals surface area contributed by atoms with Gasteiger partial charge in [0, 0.05) is 24.0 Å². The Bertz CT molecular complexity index is 425. The summed E-state index contributed by atoms with van der Waals surface area (Å²) in [6.45, 7) is 0.859. The molecule has 96 valence electrons. The van der Waals surface area contributed by atoms with Gasteiger partial charge in [0.2, 0.25) is 0 Å². The highest BCUT2D eigenvalue weighted by Crippen LogP contribution is 2.28. The Kier molecular flexibility index (Phi) is 4.04. The van der Waals surface area contributed by atoms with E-state index in [1.807, 2.05) is 0 Å². The van der Waals surface area contributed by atoms with E-state index in [0.717, 1.165) is 25.8 Å². The SMILES string of the molecule is Cl.[2H]C([2H])([2H])Oc1ccncc1C(O)[C@H]1CCCCN1. The molecule has 2 N–H and O–H groups in total. The summed E-state index contributed by atoms with van der Waals surface area (Å²) in [6.07, 6.45) is 5.09. The molecule has 0 spiro atoms. The Balaban J connectivity index is 0.00000200. The maximum absolute atomic E-state index is 10.4. The van der Waals surface area contributed by atoms with E-state index < -0.39 is 13.1 Å². The molecule has 0 radical (unpaired) electrons. The number of piperidine rings is 1. The Labute approximate surface area is 112 Å². The fourth-order valence-corrected chi connectivity index (χ4v) is 2.07. The topological polar surface area (TPSA) is 54.4 Å². The molecular weight excluding hydrogens is 240 g/mol. The molecule has 1 aliphatic heterocycles. The van der Waals surface area contributed by atoms with Crippen LogP contribution >= 0.6 is 12.4 Å². The van der Waals surface area contributed by atoms with Crippen LogP contribution in [0.2, 0.25) is 0 Å². The van der Waals surface area contributed by atoms with Gasteiger partial charge < -0.3 is 15.2 Å². The van der Waals surface area contributed by atoms with Gasteiger partial charge in [-0.3, -0.25) is 4.98 Å². The lowest BCUT2D eigenvalue weighted by atomic mass is 9.95. The van der Waals surface area contributed by atoms with E-state index in [-0.39, 0.29) is 24.2 Å². The van der Waals surface area contributed by atoms with Crippen LogP contribution in [0.1, 0.15) is 35.0 Å². The molecule has 2 atom stereocenters. The first-order valence-electron chi connectivity index (χ1n) is 7.02. The number of nitrogens with zero attached hydrogens (tertiary/aromatic N) is 1. The number of aromatic nitrogens is 1. The number of aliphatic hydroxyl groups excluding tert-OH is 1. The van der Waals surface area contributed by atoms with Crippen molar-refractivity contribution in [1.29, 1.82) is 0 Å². The van der Waals surface area contributed by atoms with E-state index in [1.165, 1.54) is 18.5 Å². The number of nitrogens with one attached hydrogen (secondary N) is 1. The van der Waals surface area contributed by atoms with Crippen LogP contribution in [0.5, 0.6) is 5.75 Å². The number of halogens is 1. The highest BCUT2D eigenvalue weighted by molar-refractivity contribution is 5.85. The summed E-state index contributed by atoms with van der Waals surface area (Å²) in [6, 6.07) is 1.38. The molecule has 5 heteroatoms. The fourth-order valence-electron chi connectivity index (χ4n) is 2.07. The fraction of sp³-hybridized carbons (Fsp3) is 0.583. The predicted octanol–water partition coefficient (Wildman–Crippen LogP) is 1.69. The first-order valence-corrected chi connectivity index (χ1v) is 5.52. The number of hydrogen-bond donors (Lipinski definition) is 2. The van der Waals surface area contributed by atoms with Crippen LogP contribution in [0.4, 0.5) is 0 Å². The van der Waals surface area contributed by atoms with Crippen LogP contribution in [0, 0.1) is 0 Å². The van der Waals surface area contributed by atoms with Gasteiger partial charge in [-0.2, -0.15) is 0 Å². The lowest BCUT2D eigenvalue weighted by Gasteiger charge is -2.28. The van der Waals surface area contributed by atoms with E-state index in [0.29, 0.717) is 5.56 Å². The lowest BCUT2D eigenvalue weighted by Crippen LogP contribution is -2.38. The molecule has 1 aromatic heterocycles. The van der Waals surface area contributed by atoms with Gasteiger partial charge in [0.05, 0.1) is 17.3 Å². The zero-order chi connectivity index (χ0) is 13.9. The normalized spacial score (nSPS) is 24.8. The third kappa shape index (κ3) is 3.31. The van der Waals surface area contributed by atoms with E-state index in [4.69, 9.17) is 8.85 Å². The molecule has 0 aromatic carbocycles. The van der Waals surface area contributed by atoms with Crippen molar-refractivity contribution in [3.63, 3.8) is 0 Å². The zero-order valence-electron chi connectivity index (χ0n) is 12.4. The summed E-state index contributed by atoms with van der Waals surface area (Å²) >= 11 is 0. The second-order valence-electron chi connectivity index (χ2n) is 4.02. The molecule has 4 nitrogen and oxygen atoms in total. The third-order valence-electron chi connectivity index (χ3n) is 2.97. The zero-order valence-corrected chi connectivity index (χ0v) is 10.2. The average Bonchev–Trinajstić information content (AvgIpc) is 2.38. The minimum atomic E-state index is -2.53. The van der Waals surface area contributed by atoms with Gasteiger partial charge in [0.25, 0.3) is 0 Å². The van der Waals surface area contributed by atoms with E-state index in [1.54, 1.807) is 0 Å². The van der Waals surface area contributed by atoms with Gasteiger partial charge in [-0.1, -0.05) is 6.42 Å². The van der Waals surface area contributed by atoms with Crippen LogP contribution in [-0.2, 0) is 0 Å². The first-order chi connectivity index (χ1) is 8.97. The van der Waals surface area contributed by atoms with Crippen LogP contribution in [-0.4, -0.2) is 29.7 Å². The molecule has 2 rings (SSSR count). The van der Waals surface area contributed by atoms with Crippen molar-refractivity contribution in [2.75, 3.05) is 13.6 Å². The Hall–Kier alpha value is -0.840. The van der Waals surface area contributed by atoms with Gasteiger partial charge in [0.15, 0.2) is 0 Å². The third-order valence-corrected chi connectivity index (χ3v) is 2.97. The maximum Gasteiger partial charge on any atom is 0.127 e. The number of hydrogen-bond acceptors (Lipinski definition) is 4. The standard InChI is InChI=1S/C12H18N2O2.ClH/c1-16-11-5-7-13-8-9(11)12(15)10-4-2-3-6-14-10;/h5,7-8,10,12,14-15H,2-4,6H2,1H3;1H/t10-,12?;/m1./s1/i1D3;. The molecule has 1 aromatic rings. The molecule has 0 aliphatic carbocycles. The van der Waals surface area contributed by atoms with Crippen molar-refractivity contribution in [1.82, 2.24) is 10.3 Å². The molecule has 0 saturated carbocycles. The smallest absolute Gasteiger partial charge is 0.127 e. The summed E-state index contributed by atoms with van der Waals surface area (Å²) in [5, 5.41) is 13.6. The molecule has 0 amide bonds. The molecule has 17 heavy (non-hydrogen) atoms. The molecular formula is C12H19ClN2O2. The van der Waals surface area contributed by atoms with E-state index in [9.17, 15) is 5.11 Å². The van der Waals surface area contributed by atoms with Crippen molar-refractivity contribution < 1.29 is 14.0 Å². The summed E-state index contributed by atoms with van der Waals surface area (Å²) in [7, 11) is -2.53. The van der Waals surface area contributed by atoms with Crippen molar-refractivity contribution >= 4 is 12.4 Å². The van der Waals surface area contributed by atoms with Crippen molar-refractivity contribution in [2.45, 2.75) is 31.4 Å². The molecule has 1 saturated heterocycles. The molecule has 1 aliphatic rings. The van der Waals surface area contributed by atoms with Crippen molar-refractivity contribution in [3.8, 4) is 5.75 Å². The van der Waals surface area contributed by atoms with Gasteiger partial charge >= 0.3 is 0 Å². The highest BCUT2D eigenvalue weighted by atomic mass is 35.5. The Morgan fingerprint density at radius 1 is 1.65 bits per heavy atom. The Morgan fingerprint density at radius 3 is 3.24 bits per heavy atom. The number of pyridine rings is 1. The van der Waals surface area contributed by atoms with Crippen LogP contribution < -0.4 is 10.1 Å². The van der Waals surface area contributed by atoms with Gasteiger partial charge in [-0.15, -0.1) is 12.4 Å². The molecule has 1 fully saturated rings. The number of ether oxygens (including phenoxy) is 1. The molecule has 1 unspecified atom stereocenters. The summed E-state index contributed by atoms with van der Waals surface area (Å²) in [5.41, 5.74) is 0.415. The number of rotatable bonds is 3. The predicted molar refractivity (Wildman–Crippen MR) is 68.6 cm³/mol. The lowest BCUT2D eigenvalue weighted by molar-refractivity contribution is 0.110. The quantitative estimate of drug-likeness (QED) is 0.870. The highest BCUT2D eigenvalue weighted by Gasteiger charge is 2.25. The Morgan fingerprint density at radius 2 is 2.53 bits per heavy atom. The second kappa shape index (κ2) is 6.79. The van der Waals surface area contributed by atoms with Crippen molar-refractivity contribution in [3.05, 3.63) is 24.0 Å². The number of aliphatic hydroxyl groups is 1. The number of methoxy groups -OCH3 is 1. The largest absolute Gasteiger partial charge is 0.496 e. The molecule has 0 bridgehead atoms. The average molecular weight is 262 g/mol. The van der Waals surface area contributed by atoms with Crippen LogP contribution in [0.3, 0.4) is 0 Å². The minimum absolute atomic E-state index is 0. The first kappa shape index (κ1) is 10.1. The van der Waals surface area contributed by atoms with E-state index >= 15 is 0 Å². The summed E-state index contributed by atoms with van der Waals surface area (Å²) < 4.78 is 26.4. The second-order valence-corrected chi connectivity index (χ2v) is 4.02.